The van der Waals surface area contributed by atoms with Gasteiger partial charge < -0.3 is 15.5 Å². The van der Waals surface area contributed by atoms with Crippen LogP contribution in [-0.4, -0.2) is 51.2 Å². The molecule has 3 heteroatoms. The molecule has 2 rings (SSSR count). The fourth-order valence-electron chi connectivity index (χ4n) is 1.96. The number of rotatable bonds is 0. The molecule has 0 radical (unpaired) electrons. The Balaban J connectivity index is 0.000000265. The van der Waals surface area contributed by atoms with Gasteiger partial charge in [0.2, 0.25) is 0 Å². The van der Waals surface area contributed by atoms with Crippen molar-refractivity contribution in [3.63, 3.8) is 0 Å². The van der Waals surface area contributed by atoms with Gasteiger partial charge in [-0.25, -0.2) is 0 Å². The summed E-state index contributed by atoms with van der Waals surface area (Å²) >= 11 is 0. The number of hydrogen-bond donors (Lipinski definition) is 2. The van der Waals surface area contributed by atoms with Gasteiger partial charge in [-0.05, 0) is 52.5 Å². The lowest BCUT2D eigenvalue weighted by Gasteiger charge is -2.09. The summed E-state index contributed by atoms with van der Waals surface area (Å²) in [4.78, 5) is 2.36. The van der Waals surface area contributed by atoms with Crippen LogP contribution in [0.2, 0.25) is 0 Å². The Morgan fingerprint density at radius 1 is 0.647 bits per heavy atom. The van der Waals surface area contributed by atoms with Gasteiger partial charge in [0.05, 0.1) is 0 Å². The molecule has 2 aliphatic heterocycles. The molecule has 17 heavy (non-hydrogen) atoms. The van der Waals surface area contributed by atoms with Gasteiger partial charge in [-0.15, -0.1) is 0 Å². The number of nitrogens with one attached hydrogen (secondary N) is 2. The van der Waals surface area contributed by atoms with E-state index in [4.69, 9.17) is 0 Å². The molecule has 2 aliphatic rings. The molecule has 0 atom stereocenters. The quantitative estimate of drug-likeness (QED) is 0.682. The van der Waals surface area contributed by atoms with Gasteiger partial charge in [-0.2, -0.15) is 0 Å². The first-order chi connectivity index (χ1) is 8.39. The van der Waals surface area contributed by atoms with E-state index >= 15 is 0 Å². The van der Waals surface area contributed by atoms with Crippen LogP contribution in [0.1, 0.15) is 46.0 Å². The summed E-state index contributed by atoms with van der Waals surface area (Å²) in [5, 5.41) is 6.68. The molecule has 2 N–H and O–H groups in total. The molecular weight excluding hydrogens is 210 g/mol. The lowest BCUT2D eigenvalue weighted by Crippen LogP contribution is -2.23. The van der Waals surface area contributed by atoms with Gasteiger partial charge in [0.25, 0.3) is 0 Å². The van der Waals surface area contributed by atoms with Crippen molar-refractivity contribution in [1.29, 1.82) is 0 Å². The Morgan fingerprint density at radius 3 is 1.82 bits per heavy atom. The first-order valence-electron chi connectivity index (χ1n) is 7.49. The Kier molecular flexibility index (Phi) is 13.8. The second kappa shape index (κ2) is 13.9. The second-order valence-corrected chi connectivity index (χ2v) is 4.57. The highest BCUT2D eigenvalue weighted by Crippen LogP contribution is 2.00. The molecule has 0 aromatic heterocycles. The van der Waals surface area contributed by atoms with E-state index in [9.17, 15) is 0 Å². The molecule has 0 aliphatic carbocycles. The zero-order valence-electron chi connectivity index (χ0n) is 12.2. The van der Waals surface area contributed by atoms with Crippen LogP contribution < -0.4 is 10.6 Å². The summed E-state index contributed by atoms with van der Waals surface area (Å²) in [6, 6.07) is 0. The summed E-state index contributed by atoms with van der Waals surface area (Å²) in [5.41, 5.74) is 0. The van der Waals surface area contributed by atoms with Crippen molar-refractivity contribution in [3.05, 3.63) is 0 Å². The van der Waals surface area contributed by atoms with Crippen molar-refractivity contribution in [2.45, 2.75) is 46.0 Å². The van der Waals surface area contributed by atoms with Crippen LogP contribution in [0.3, 0.4) is 0 Å². The van der Waals surface area contributed by atoms with E-state index < -0.39 is 0 Å². The van der Waals surface area contributed by atoms with E-state index in [1.165, 1.54) is 64.8 Å². The van der Waals surface area contributed by atoms with E-state index in [1.54, 1.807) is 0 Å². The molecule has 3 nitrogen and oxygen atoms in total. The number of likely N-dealkylation sites (N-methyl/N-ethyl adjacent to an activating group) is 1. The van der Waals surface area contributed by atoms with Crippen molar-refractivity contribution in [3.8, 4) is 0 Å². The van der Waals surface area contributed by atoms with Crippen LogP contribution in [0.5, 0.6) is 0 Å². The highest BCUT2D eigenvalue weighted by Gasteiger charge is 2.00. The van der Waals surface area contributed by atoms with Gasteiger partial charge in [0.1, 0.15) is 0 Å². The van der Waals surface area contributed by atoms with Gasteiger partial charge in [0, 0.05) is 13.1 Å². The van der Waals surface area contributed by atoms with Crippen LogP contribution >= 0.6 is 0 Å². The molecule has 0 unspecified atom stereocenters. The summed E-state index contributed by atoms with van der Waals surface area (Å²) < 4.78 is 0. The minimum absolute atomic E-state index is 1.16. The number of hydrogen-bond acceptors (Lipinski definition) is 3. The minimum atomic E-state index is 1.16. The Bertz CT molecular complexity index is 112. The van der Waals surface area contributed by atoms with Crippen molar-refractivity contribution < 1.29 is 0 Å². The summed E-state index contributed by atoms with van der Waals surface area (Å²) in [6.07, 6.45) is 6.95. The predicted octanol–water partition coefficient (Wildman–Crippen LogP) is 2.09. The second-order valence-electron chi connectivity index (χ2n) is 4.57. The van der Waals surface area contributed by atoms with Crippen molar-refractivity contribution >= 4 is 0 Å². The van der Waals surface area contributed by atoms with Crippen LogP contribution in [0, 0.1) is 0 Å². The number of nitrogens with zero attached hydrogens (tertiary/aromatic N) is 1. The maximum atomic E-state index is 3.35. The van der Waals surface area contributed by atoms with Crippen molar-refractivity contribution in [1.82, 2.24) is 15.5 Å². The van der Waals surface area contributed by atoms with E-state index in [2.05, 4.69) is 22.6 Å². The monoisotopic (exact) mass is 243 g/mol. The predicted molar refractivity (Wildman–Crippen MR) is 77.7 cm³/mol. The standard InChI is InChI=1S/C6H14N2.C6H13N.C2H6/c1-8-5-2-3-7-4-6-8;1-2-4-6-7-5-3-1;1-2/h7H,2-6H2,1H3;7H,1-6H2;1-2H3. The van der Waals surface area contributed by atoms with Crippen LogP contribution in [0.25, 0.3) is 0 Å². The van der Waals surface area contributed by atoms with Crippen LogP contribution in [-0.2, 0) is 0 Å². The van der Waals surface area contributed by atoms with Crippen molar-refractivity contribution in [2.24, 2.45) is 0 Å². The first kappa shape index (κ1) is 16.9. The molecular formula is C14H33N3. The topological polar surface area (TPSA) is 27.3 Å². The first-order valence-corrected chi connectivity index (χ1v) is 7.49. The Labute approximate surface area is 108 Å². The largest absolute Gasteiger partial charge is 0.317 e. The molecule has 0 aromatic carbocycles. The third-order valence-electron chi connectivity index (χ3n) is 3.02. The highest BCUT2D eigenvalue weighted by atomic mass is 15.1. The van der Waals surface area contributed by atoms with E-state index in [0.29, 0.717) is 0 Å². The average Bonchev–Trinajstić information content (AvgIpc) is 2.79. The van der Waals surface area contributed by atoms with Gasteiger partial charge in [-0.1, -0.05) is 26.7 Å². The molecule has 0 amide bonds. The summed E-state index contributed by atoms with van der Waals surface area (Å²) in [6.45, 7) is 11.3. The molecule has 2 heterocycles. The van der Waals surface area contributed by atoms with Gasteiger partial charge in [0.15, 0.2) is 0 Å². The van der Waals surface area contributed by atoms with E-state index in [1.807, 2.05) is 13.8 Å². The molecule has 104 valence electrons. The minimum Gasteiger partial charge on any atom is -0.317 e. The normalized spacial score (nSPS) is 22.1. The maximum Gasteiger partial charge on any atom is 0.0104 e. The molecule has 0 spiro atoms. The Morgan fingerprint density at radius 2 is 1.18 bits per heavy atom. The van der Waals surface area contributed by atoms with E-state index in [0.717, 1.165) is 6.54 Å². The van der Waals surface area contributed by atoms with Crippen LogP contribution in [0.15, 0.2) is 0 Å². The smallest absolute Gasteiger partial charge is 0.0104 e. The average molecular weight is 243 g/mol. The molecule has 0 saturated carbocycles. The summed E-state index contributed by atoms with van der Waals surface area (Å²) in [5.74, 6) is 0. The fourth-order valence-corrected chi connectivity index (χ4v) is 1.96. The zero-order chi connectivity index (χ0) is 12.8. The third kappa shape index (κ3) is 12.1. The lowest BCUT2D eigenvalue weighted by atomic mass is 10.2. The third-order valence-corrected chi connectivity index (χ3v) is 3.02. The zero-order valence-corrected chi connectivity index (χ0v) is 12.2. The SMILES string of the molecule is C1CCCNCC1.CC.CN1CCCNCC1. The van der Waals surface area contributed by atoms with Gasteiger partial charge >= 0.3 is 0 Å². The molecule has 0 bridgehead atoms. The van der Waals surface area contributed by atoms with E-state index in [-0.39, 0.29) is 0 Å². The maximum absolute atomic E-state index is 3.35. The molecule has 2 fully saturated rings. The lowest BCUT2D eigenvalue weighted by molar-refractivity contribution is 0.358. The molecule has 0 aromatic rings. The fraction of sp³-hybridized carbons (Fsp3) is 1.00. The Hall–Kier alpha value is -0.120. The van der Waals surface area contributed by atoms with Crippen molar-refractivity contribution in [2.75, 3.05) is 46.3 Å². The van der Waals surface area contributed by atoms with Crippen LogP contribution in [0.4, 0.5) is 0 Å². The highest BCUT2D eigenvalue weighted by molar-refractivity contribution is 4.60. The summed E-state index contributed by atoms with van der Waals surface area (Å²) in [7, 11) is 2.17. The molecule has 2 saturated heterocycles. The van der Waals surface area contributed by atoms with Gasteiger partial charge in [-0.3, -0.25) is 0 Å².